The molecule has 1 fully saturated rings. The Balaban J connectivity index is 1.37. The summed E-state index contributed by atoms with van der Waals surface area (Å²) in [4.78, 5) is 20.5. The van der Waals surface area contributed by atoms with Gasteiger partial charge in [-0.15, -0.1) is 10.2 Å². The molecule has 27 heavy (non-hydrogen) atoms. The molecule has 0 unspecified atom stereocenters. The van der Waals surface area contributed by atoms with Crippen LogP contribution in [0.1, 0.15) is 24.8 Å². The van der Waals surface area contributed by atoms with Crippen LogP contribution in [0.25, 0.3) is 11.5 Å². The maximum Gasteiger partial charge on any atom is 0.223 e. The highest BCUT2D eigenvalue weighted by molar-refractivity contribution is 5.77. The first-order chi connectivity index (χ1) is 13.3. The Morgan fingerprint density at radius 3 is 2.78 bits per heavy atom. The van der Waals surface area contributed by atoms with Crippen LogP contribution >= 0.6 is 0 Å². The number of aromatic nitrogens is 5. The van der Waals surface area contributed by atoms with E-state index in [1.807, 2.05) is 41.3 Å². The monoisotopic (exact) mass is 362 g/mol. The van der Waals surface area contributed by atoms with Gasteiger partial charge in [0.15, 0.2) is 0 Å². The molecule has 1 saturated heterocycles. The number of likely N-dealkylation sites (tertiary alicyclic amines) is 1. The second-order valence-electron chi connectivity index (χ2n) is 6.75. The lowest BCUT2D eigenvalue weighted by molar-refractivity contribution is -0.132. The molecule has 7 nitrogen and oxygen atoms in total. The molecule has 1 aromatic carbocycles. The van der Waals surface area contributed by atoms with Crippen molar-refractivity contribution >= 4 is 5.91 Å². The van der Waals surface area contributed by atoms with Gasteiger partial charge in [-0.3, -0.25) is 9.78 Å². The molecule has 0 saturated carbocycles. The van der Waals surface area contributed by atoms with E-state index in [9.17, 15) is 4.79 Å². The molecule has 4 rings (SSSR count). The fraction of sp³-hybridized carbons (Fsp3) is 0.350. The lowest BCUT2D eigenvalue weighted by Gasteiger charge is -2.24. The van der Waals surface area contributed by atoms with E-state index in [4.69, 9.17) is 0 Å². The molecule has 7 heteroatoms. The molecule has 2 aromatic heterocycles. The second kappa shape index (κ2) is 8.07. The smallest absolute Gasteiger partial charge is 0.223 e. The largest absolute Gasteiger partial charge is 0.338 e. The SMILES string of the molecule is O=C(CCc1ccccc1)N1CCC[C@@H]1Cn1nnc(-c2ccccn2)n1. The predicted molar refractivity (Wildman–Crippen MR) is 101 cm³/mol. The number of hydrogen-bond donors (Lipinski definition) is 0. The standard InChI is InChI=1S/C20H22N6O/c27-19(12-11-16-7-2-1-3-8-16)25-14-6-9-17(25)15-26-23-20(22-24-26)18-10-4-5-13-21-18/h1-5,7-8,10,13,17H,6,9,11-12,14-15H2/t17-/m1/s1. The number of benzene rings is 1. The first kappa shape index (κ1) is 17.3. The number of carbonyl (C=O) groups excluding carboxylic acids is 1. The quantitative estimate of drug-likeness (QED) is 0.673. The van der Waals surface area contributed by atoms with Crippen LogP contribution in [-0.2, 0) is 17.8 Å². The van der Waals surface area contributed by atoms with Crippen LogP contribution in [0.3, 0.4) is 0 Å². The molecule has 1 aliphatic rings. The summed E-state index contributed by atoms with van der Waals surface area (Å²) < 4.78 is 0. The third kappa shape index (κ3) is 4.19. The molecule has 3 heterocycles. The molecule has 0 bridgehead atoms. The number of tetrazole rings is 1. The van der Waals surface area contributed by atoms with Gasteiger partial charge in [0.25, 0.3) is 0 Å². The molecule has 3 aromatic rings. The maximum atomic E-state index is 12.7. The minimum Gasteiger partial charge on any atom is -0.338 e. The number of carbonyl (C=O) groups is 1. The number of pyridine rings is 1. The Bertz CT molecular complexity index is 880. The molecule has 0 aliphatic carbocycles. The molecular weight excluding hydrogens is 340 g/mol. The van der Waals surface area contributed by atoms with Gasteiger partial charge in [-0.25, -0.2) is 0 Å². The van der Waals surface area contributed by atoms with E-state index in [1.165, 1.54) is 5.56 Å². The van der Waals surface area contributed by atoms with E-state index in [0.29, 0.717) is 24.5 Å². The highest BCUT2D eigenvalue weighted by Gasteiger charge is 2.29. The summed E-state index contributed by atoms with van der Waals surface area (Å²) in [6, 6.07) is 15.9. The number of aryl methyl sites for hydroxylation is 1. The first-order valence-corrected chi connectivity index (χ1v) is 9.32. The average Bonchev–Trinajstić information content (AvgIpc) is 3.38. The summed E-state index contributed by atoms with van der Waals surface area (Å²) in [7, 11) is 0. The Kier molecular flexibility index (Phi) is 5.18. The number of amides is 1. The fourth-order valence-corrected chi connectivity index (χ4v) is 3.50. The van der Waals surface area contributed by atoms with Crippen molar-refractivity contribution in [2.45, 2.75) is 38.3 Å². The minimum atomic E-state index is 0.124. The van der Waals surface area contributed by atoms with Crippen LogP contribution in [0.5, 0.6) is 0 Å². The molecule has 0 N–H and O–H groups in total. The van der Waals surface area contributed by atoms with E-state index in [2.05, 4.69) is 32.5 Å². The summed E-state index contributed by atoms with van der Waals surface area (Å²) in [6.45, 7) is 1.37. The van der Waals surface area contributed by atoms with Gasteiger partial charge in [-0.2, -0.15) is 4.80 Å². The minimum absolute atomic E-state index is 0.124. The average molecular weight is 362 g/mol. The van der Waals surface area contributed by atoms with Crippen LogP contribution in [0, 0.1) is 0 Å². The Hall–Kier alpha value is -3.09. The van der Waals surface area contributed by atoms with Crippen LogP contribution in [0.15, 0.2) is 54.7 Å². The zero-order valence-electron chi connectivity index (χ0n) is 15.1. The molecule has 0 radical (unpaired) electrons. The molecule has 0 spiro atoms. The van der Waals surface area contributed by atoms with Gasteiger partial charge in [0.1, 0.15) is 5.69 Å². The van der Waals surface area contributed by atoms with Crippen LogP contribution in [-0.4, -0.2) is 48.6 Å². The number of hydrogen-bond acceptors (Lipinski definition) is 5. The lowest BCUT2D eigenvalue weighted by Crippen LogP contribution is -2.38. The molecule has 138 valence electrons. The van der Waals surface area contributed by atoms with Gasteiger partial charge in [-0.1, -0.05) is 36.4 Å². The third-order valence-corrected chi connectivity index (χ3v) is 4.89. The van der Waals surface area contributed by atoms with E-state index < -0.39 is 0 Å². The van der Waals surface area contributed by atoms with Gasteiger partial charge < -0.3 is 4.90 Å². The topological polar surface area (TPSA) is 76.8 Å². The first-order valence-electron chi connectivity index (χ1n) is 9.32. The molecule has 1 atom stereocenters. The summed E-state index contributed by atoms with van der Waals surface area (Å²) in [5.74, 6) is 0.710. The van der Waals surface area contributed by atoms with Crippen molar-refractivity contribution in [1.82, 2.24) is 30.1 Å². The summed E-state index contributed by atoms with van der Waals surface area (Å²) >= 11 is 0. The van der Waals surface area contributed by atoms with Crippen molar-refractivity contribution in [2.24, 2.45) is 0 Å². The molecular formula is C20H22N6O. The van der Waals surface area contributed by atoms with Crippen molar-refractivity contribution in [2.75, 3.05) is 6.54 Å². The van der Waals surface area contributed by atoms with Crippen LogP contribution in [0.2, 0.25) is 0 Å². The van der Waals surface area contributed by atoms with E-state index >= 15 is 0 Å². The Morgan fingerprint density at radius 2 is 1.96 bits per heavy atom. The Morgan fingerprint density at radius 1 is 1.11 bits per heavy atom. The van der Waals surface area contributed by atoms with E-state index in [1.54, 1.807) is 11.0 Å². The predicted octanol–water partition coefficient (Wildman–Crippen LogP) is 2.36. The van der Waals surface area contributed by atoms with E-state index in [-0.39, 0.29) is 11.9 Å². The zero-order valence-corrected chi connectivity index (χ0v) is 15.1. The zero-order chi connectivity index (χ0) is 18.5. The van der Waals surface area contributed by atoms with Crippen molar-refractivity contribution < 1.29 is 4.79 Å². The van der Waals surface area contributed by atoms with Gasteiger partial charge in [0.2, 0.25) is 11.7 Å². The summed E-state index contributed by atoms with van der Waals surface area (Å²) in [5.41, 5.74) is 1.89. The van der Waals surface area contributed by atoms with Crippen molar-refractivity contribution in [3.05, 3.63) is 60.3 Å². The highest BCUT2D eigenvalue weighted by Crippen LogP contribution is 2.20. The van der Waals surface area contributed by atoms with Gasteiger partial charge in [-0.05, 0) is 42.2 Å². The highest BCUT2D eigenvalue weighted by atomic mass is 16.2. The van der Waals surface area contributed by atoms with Gasteiger partial charge >= 0.3 is 0 Å². The van der Waals surface area contributed by atoms with Crippen molar-refractivity contribution in [3.8, 4) is 11.5 Å². The Labute approximate surface area is 158 Å². The summed E-state index contributed by atoms with van der Waals surface area (Å²) in [6.07, 6.45) is 5.00. The van der Waals surface area contributed by atoms with E-state index in [0.717, 1.165) is 25.8 Å². The van der Waals surface area contributed by atoms with Crippen LogP contribution < -0.4 is 0 Å². The van der Waals surface area contributed by atoms with Crippen molar-refractivity contribution in [3.63, 3.8) is 0 Å². The van der Waals surface area contributed by atoms with Gasteiger partial charge in [0, 0.05) is 19.2 Å². The summed E-state index contributed by atoms with van der Waals surface area (Å²) in [5, 5.41) is 12.7. The van der Waals surface area contributed by atoms with Crippen LogP contribution in [0.4, 0.5) is 0 Å². The van der Waals surface area contributed by atoms with Crippen molar-refractivity contribution in [1.29, 1.82) is 0 Å². The normalized spacial score (nSPS) is 16.6. The van der Waals surface area contributed by atoms with Gasteiger partial charge in [0.05, 0.1) is 12.6 Å². The number of rotatable bonds is 6. The molecule has 1 aliphatic heterocycles. The maximum absolute atomic E-state index is 12.7. The second-order valence-corrected chi connectivity index (χ2v) is 6.75. The number of nitrogens with zero attached hydrogens (tertiary/aromatic N) is 6. The molecule has 1 amide bonds. The fourth-order valence-electron chi connectivity index (χ4n) is 3.50. The third-order valence-electron chi connectivity index (χ3n) is 4.89. The lowest BCUT2D eigenvalue weighted by atomic mass is 10.1.